The van der Waals surface area contributed by atoms with Gasteiger partial charge in [-0.15, -0.1) is 0 Å². The largest absolute Gasteiger partial charge is 0.476 e. The van der Waals surface area contributed by atoms with Crippen molar-refractivity contribution in [1.29, 1.82) is 0 Å². The van der Waals surface area contributed by atoms with Crippen LogP contribution < -0.4 is 5.43 Å². The number of nitrogens with zero attached hydrogens (tertiary/aromatic N) is 2. The van der Waals surface area contributed by atoms with Gasteiger partial charge in [-0.1, -0.05) is 17.7 Å². The van der Waals surface area contributed by atoms with E-state index in [1.54, 1.807) is 25.1 Å². The molecule has 1 heterocycles. The van der Waals surface area contributed by atoms with Crippen LogP contribution in [0.2, 0.25) is 5.02 Å². The van der Waals surface area contributed by atoms with Crippen LogP contribution >= 0.6 is 11.6 Å². The van der Waals surface area contributed by atoms with Crippen LogP contribution in [0.15, 0.2) is 35.3 Å². The van der Waals surface area contributed by atoms with Crippen molar-refractivity contribution < 1.29 is 9.90 Å². The Morgan fingerprint density at radius 1 is 1.39 bits per heavy atom. The zero-order valence-electron chi connectivity index (χ0n) is 9.42. The van der Waals surface area contributed by atoms with Crippen LogP contribution in [0.3, 0.4) is 0 Å². The molecule has 0 bridgehead atoms. The van der Waals surface area contributed by atoms with Crippen LogP contribution in [0.1, 0.15) is 16.1 Å². The molecule has 0 saturated heterocycles. The monoisotopic (exact) mass is 264 g/mol. The van der Waals surface area contributed by atoms with Crippen LogP contribution in [-0.4, -0.2) is 20.9 Å². The van der Waals surface area contributed by atoms with Gasteiger partial charge in [0.25, 0.3) is 0 Å². The van der Waals surface area contributed by atoms with E-state index in [9.17, 15) is 9.59 Å². The molecule has 0 atom stereocenters. The maximum atomic E-state index is 11.3. The molecule has 1 aromatic heterocycles. The van der Waals surface area contributed by atoms with E-state index in [1.165, 1.54) is 10.9 Å². The summed E-state index contributed by atoms with van der Waals surface area (Å²) in [6, 6.07) is 6.35. The first-order valence-electron chi connectivity index (χ1n) is 5.09. The topological polar surface area (TPSA) is 72.2 Å². The Hall–Kier alpha value is -2.14. The summed E-state index contributed by atoms with van der Waals surface area (Å²) in [5.74, 6) is -1.35. The van der Waals surface area contributed by atoms with Crippen LogP contribution in [0, 0.1) is 6.92 Å². The van der Waals surface area contributed by atoms with E-state index in [-0.39, 0.29) is 0 Å². The van der Waals surface area contributed by atoms with Crippen molar-refractivity contribution in [3.8, 4) is 5.69 Å². The molecule has 0 saturated carbocycles. The number of rotatable bonds is 2. The zero-order chi connectivity index (χ0) is 13.3. The van der Waals surface area contributed by atoms with Gasteiger partial charge in [0.05, 0.1) is 5.69 Å². The third-order valence-electron chi connectivity index (χ3n) is 2.50. The SMILES string of the molecule is Cc1c(Cl)cccc1-n1ccc(=O)c(C(=O)O)n1. The molecule has 0 unspecified atom stereocenters. The number of halogens is 1. The van der Waals surface area contributed by atoms with Crippen molar-refractivity contribution in [2.75, 3.05) is 0 Å². The molecule has 2 aromatic rings. The first-order valence-corrected chi connectivity index (χ1v) is 5.47. The molecule has 92 valence electrons. The highest BCUT2D eigenvalue weighted by Crippen LogP contribution is 2.20. The minimum Gasteiger partial charge on any atom is -0.476 e. The molecule has 2 rings (SSSR count). The normalized spacial score (nSPS) is 10.3. The van der Waals surface area contributed by atoms with Crippen molar-refractivity contribution in [2.24, 2.45) is 0 Å². The Kier molecular flexibility index (Phi) is 3.16. The van der Waals surface area contributed by atoms with Gasteiger partial charge in [0.2, 0.25) is 11.1 Å². The minimum absolute atomic E-state index is 0.517. The summed E-state index contributed by atoms with van der Waals surface area (Å²) < 4.78 is 1.33. The molecular formula is C12H9ClN2O3. The molecule has 1 aromatic carbocycles. The standard InChI is InChI=1S/C12H9ClN2O3/c1-7-8(13)3-2-4-9(7)15-6-5-10(16)11(14-15)12(17)18/h2-6H,1H3,(H,17,18). The lowest BCUT2D eigenvalue weighted by Crippen LogP contribution is -2.20. The number of aromatic carboxylic acids is 1. The third kappa shape index (κ3) is 2.12. The highest BCUT2D eigenvalue weighted by atomic mass is 35.5. The molecule has 0 amide bonds. The highest BCUT2D eigenvalue weighted by molar-refractivity contribution is 6.31. The minimum atomic E-state index is -1.35. The van der Waals surface area contributed by atoms with Gasteiger partial charge in [-0.25, -0.2) is 9.48 Å². The van der Waals surface area contributed by atoms with Crippen LogP contribution in [0.25, 0.3) is 5.69 Å². The van der Waals surface area contributed by atoms with Crippen molar-refractivity contribution in [2.45, 2.75) is 6.92 Å². The first-order chi connectivity index (χ1) is 8.50. The summed E-state index contributed by atoms with van der Waals surface area (Å²) in [4.78, 5) is 22.2. The molecule has 5 nitrogen and oxygen atoms in total. The van der Waals surface area contributed by atoms with Crippen molar-refractivity contribution in [3.63, 3.8) is 0 Å². The Morgan fingerprint density at radius 2 is 2.11 bits per heavy atom. The summed E-state index contributed by atoms with van der Waals surface area (Å²) in [6.45, 7) is 1.79. The van der Waals surface area contributed by atoms with Crippen molar-refractivity contribution in [1.82, 2.24) is 9.78 Å². The third-order valence-corrected chi connectivity index (χ3v) is 2.91. The van der Waals surface area contributed by atoms with Gasteiger partial charge >= 0.3 is 5.97 Å². The summed E-state index contributed by atoms with van der Waals surface area (Å²) >= 11 is 5.98. The number of carboxylic acids is 1. The number of carboxylic acid groups (broad SMARTS) is 1. The van der Waals surface area contributed by atoms with Gasteiger partial charge in [0.15, 0.2) is 0 Å². The number of hydrogen-bond acceptors (Lipinski definition) is 3. The maximum absolute atomic E-state index is 11.3. The maximum Gasteiger partial charge on any atom is 0.360 e. The summed E-state index contributed by atoms with van der Waals surface area (Å²) in [6.07, 6.45) is 1.41. The zero-order valence-corrected chi connectivity index (χ0v) is 10.2. The van der Waals surface area contributed by atoms with E-state index < -0.39 is 17.1 Å². The molecule has 0 aliphatic heterocycles. The average Bonchev–Trinajstić information content (AvgIpc) is 2.33. The molecule has 0 aliphatic carbocycles. The van der Waals surface area contributed by atoms with E-state index in [2.05, 4.69) is 5.10 Å². The average molecular weight is 265 g/mol. The Bertz CT molecular complexity index is 679. The number of hydrogen-bond donors (Lipinski definition) is 1. The van der Waals surface area contributed by atoms with Gasteiger partial charge in [-0.2, -0.15) is 5.10 Å². The van der Waals surface area contributed by atoms with Gasteiger partial charge in [-0.3, -0.25) is 4.79 Å². The lowest BCUT2D eigenvalue weighted by atomic mass is 10.2. The van der Waals surface area contributed by atoms with E-state index >= 15 is 0 Å². The van der Waals surface area contributed by atoms with E-state index in [0.717, 1.165) is 11.6 Å². The molecule has 0 spiro atoms. The fourth-order valence-corrected chi connectivity index (χ4v) is 1.70. The molecule has 18 heavy (non-hydrogen) atoms. The van der Waals surface area contributed by atoms with Gasteiger partial charge in [-0.05, 0) is 24.6 Å². The molecule has 0 fully saturated rings. The fraction of sp³-hybridized carbons (Fsp3) is 0.0833. The number of benzene rings is 1. The van der Waals surface area contributed by atoms with Crippen LogP contribution in [0.5, 0.6) is 0 Å². The number of aromatic nitrogens is 2. The predicted molar refractivity (Wildman–Crippen MR) is 66.5 cm³/mol. The number of carbonyl (C=O) groups is 1. The lowest BCUT2D eigenvalue weighted by molar-refractivity contribution is 0.0687. The Morgan fingerprint density at radius 3 is 2.78 bits per heavy atom. The van der Waals surface area contributed by atoms with Gasteiger partial charge < -0.3 is 5.11 Å². The second-order valence-corrected chi connectivity index (χ2v) is 4.07. The van der Waals surface area contributed by atoms with E-state index in [4.69, 9.17) is 16.7 Å². The summed E-state index contributed by atoms with van der Waals surface area (Å²) in [5.41, 5.74) is 0.243. The highest BCUT2D eigenvalue weighted by Gasteiger charge is 2.12. The Labute approximate surface area is 107 Å². The second-order valence-electron chi connectivity index (χ2n) is 3.66. The van der Waals surface area contributed by atoms with Crippen molar-refractivity contribution in [3.05, 3.63) is 57.0 Å². The molecule has 1 N–H and O–H groups in total. The predicted octanol–water partition coefficient (Wildman–Crippen LogP) is 1.89. The molecular weight excluding hydrogens is 256 g/mol. The van der Waals surface area contributed by atoms with Gasteiger partial charge in [0, 0.05) is 17.3 Å². The molecule has 6 heteroatoms. The van der Waals surface area contributed by atoms with E-state index in [1.807, 2.05) is 0 Å². The summed E-state index contributed by atoms with van der Waals surface area (Å²) in [5, 5.41) is 13.2. The van der Waals surface area contributed by atoms with Gasteiger partial charge in [0.1, 0.15) is 0 Å². The van der Waals surface area contributed by atoms with Crippen LogP contribution in [-0.2, 0) is 0 Å². The second kappa shape index (κ2) is 4.62. The quantitative estimate of drug-likeness (QED) is 0.899. The van der Waals surface area contributed by atoms with E-state index in [0.29, 0.717) is 10.7 Å². The first kappa shape index (κ1) is 12.3. The smallest absolute Gasteiger partial charge is 0.360 e. The molecule has 0 aliphatic rings. The van der Waals surface area contributed by atoms with Crippen molar-refractivity contribution >= 4 is 17.6 Å². The lowest BCUT2D eigenvalue weighted by Gasteiger charge is -2.09. The molecule has 0 radical (unpaired) electrons. The Balaban J connectivity index is 2.65. The fourth-order valence-electron chi connectivity index (χ4n) is 1.53. The summed E-state index contributed by atoms with van der Waals surface area (Å²) in [7, 11) is 0. The van der Waals surface area contributed by atoms with Crippen LogP contribution in [0.4, 0.5) is 0 Å².